The number of aromatic nitrogens is 1. The Bertz CT molecular complexity index is 1360. The second-order valence-electron chi connectivity index (χ2n) is 10.8. The first-order valence-electron chi connectivity index (χ1n) is 13.5. The fourth-order valence-corrected chi connectivity index (χ4v) is 6.10. The fraction of sp³-hybridized carbons (Fsp3) is 0.387. The first-order valence-corrected chi connectivity index (χ1v) is 13.5. The van der Waals surface area contributed by atoms with Gasteiger partial charge in [0.2, 0.25) is 0 Å². The third kappa shape index (κ3) is 4.66. The standard InChI is InChI=1S/C31H34N4O2/c1-31(35-13-2-3-14-35)10-8-21-4-5-22(16-23(21)9-11-31)25-17-26(20-33-19-25)29(32)24-6-7-27-28(18-24)37-15-12-34-30(27)36/h4-7,16-20,32H,2-3,8-15H2,1H3,(H,34,36). The van der Waals surface area contributed by atoms with Crippen LogP contribution in [-0.4, -0.2) is 53.3 Å². The number of carbonyl (C=O) groups excluding carboxylic acids is 1. The molecule has 1 atom stereocenters. The van der Waals surface area contributed by atoms with Gasteiger partial charge in [-0.25, -0.2) is 0 Å². The molecule has 0 radical (unpaired) electrons. The monoisotopic (exact) mass is 494 g/mol. The Balaban J connectivity index is 1.24. The summed E-state index contributed by atoms with van der Waals surface area (Å²) in [6, 6.07) is 14.2. The lowest BCUT2D eigenvalue weighted by Crippen LogP contribution is -2.44. The van der Waals surface area contributed by atoms with Gasteiger partial charge < -0.3 is 10.1 Å². The first kappa shape index (κ1) is 23.9. The summed E-state index contributed by atoms with van der Waals surface area (Å²) in [6.07, 6.45) is 10.9. The van der Waals surface area contributed by atoms with Crippen molar-refractivity contribution >= 4 is 11.6 Å². The third-order valence-electron chi connectivity index (χ3n) is 8.46. The zero-order chi connectivity index (χ0) is 25.4. The molecule has 1 unspecified atom stereocenters. The zero-order valence-electron chi connectivity index (χ0n) is 21.5. The predicted molar refractivity (Wildman–Crippen MR) is 146 cm³/mol. The molecular formula is C31H34N4O2. The summed E-state index contributed by atoms with van der Waals surface area (Å²) in [5.74, 6) is 0.381. The van der Waals surface area contributed by atoms with Crippen LogP contribution in [0.5, 0.6) is 5.75 Å². The highest BCUT2D eigenvalue weighted by Crippen LogP contribution is 2.36. The van der Waals surface area contributed by atoms with Crippen LogP contribution in [0.1, 0.15) is 65.2 Å². The topological polar surface area (TPSA) is 78.3 Å². The molecule has 6 rings (SSSR count). The maximum Gasteiger partial charge on any atom is 0.255 e. The van der Waals surface area contributed by atoms with Gasteiger partial charge in [0.05, 0.1) is 17.8 Å². The van der Waals surface area contributed by atoms with E-state index in [4.69, 9.17) is 10.1 Å². The van der Waals surface area contributed by atoms with E-state index in [0.717, 1.165) is 29.5 Å². The Morgan fingerprint density at radius 3 is 2.62 bits per heavy atom. The van der Waals surface area contributed by atoms with Crippen molar-refractivity contribution in [1.29, 1.82) is 5.41 Å². The lowest BCUT2D eigenvalue weighted by atomic mass is 9.90. The Morgan fingerprint density at radius 2 is 1.78 bits per heavy atom. The van der Waals surface area contributed by atoms with Crippen molar-refractivity contribution in [1.82, 2.24) is 15.2 Å². The van der Waals surface area contributed by atoms with E-state index >= 15 is 0 Å². The summed E-state index contributed by atoms with van der Waals surface area (Å²) >= 11 is 0. The van der Waals surface area contributed by atoms with Crippen molar-refractivity contribution in [3.05, 3.63) is 82.7 Å². The molecule has 1 fully saturated rings. The van der Waals surface area contributed by atoms with Crippen molar-refractivity contribution in [2.75, 3.05) is 26.2 Å². The molecule has 3 heterocycles. The molecule has 2 aliphatic heterocycles. The van der Waals surface area contributed by atoms with E-state index in [9.17, 15) is 4.79 Å². The number of hydrogen-bond acceptors (Lipinski definition) is 5. The molecule has 2 aromatic carbocycles. The summed E-state index contributed by atoms with van der Waals surface area (Å²) in [6.45, 7) is 5.84. The lowest BCUT2D eigenvalue weighted by molar-refractivity contribution is 0.0957. The van der Waals surface area contributed by atoms with Crippen molar-refractivity contribution in [2.45, 2.75) is 51.0 Å². The fourth-order valence-electron chi connectivity index (χ4n) is 6.10. The molecule has 37 heavy (non-hydrogen) atoms. The number of carbonyl (C=O) groups is 1. The van der Waals surface area contributed by atoms with E-state index in [1.807, 2.05) is 18.3 Å². The van der Waals surface area contributed by atoms with Gasteiger partial charge in [-0.05, 0) is 93.4 Å². The number of rotatable bonds is 4. The number of amides is 1. The van der Waals surface area contributed by atoms with Gasteiger partial charge in [0.1, 0.15) is 12.4 Å². The van der Waals surface area contributed by atoms with Gasteiger partial charge in [-0.1, -0.05) is 24.3 Å². The second kappa shape index (κ2) is 9.75. The number of nitrogens with zero attached hydrogens (tertiary/aromatic N) is 2. The summed E-state index contributed by atoms with van der Waals surface area (Å²) in [5.41, 5.74) is 7.69. The molecule has 1 amide bonds. The number of fused-ring (bicyclic) bond motifs is 2. The first-order chi connectivity index (χ1) is 18.0. The SMILES string of the molecule is CC1(N2CCCC2)CCc2ccc(-c3cncc(C(=N)c4ccc5c(c4)OCCNC5=O)c3)cc2CC1. The van der Waals surface area contributed by atoms with Crippen LogP contribution in [0, 0.1) is 5.41 Å². The zero-order valence-corrected chi connectivity index (χ0v) is 21.5. The molecular weight excluding hydrogens is 460 g/mol. The molecule has 1 aliphatic carbocycles. The minimum atomic E-state index is -0.141. The highest BCUT2D eigenvalue weighted by atomic mass is 16.5. The average molecular weight is 495 g/mol. The number of pyridine rings is 1. The smallest absolute Gasteiger partial charge is 0.255 e. The van der Waals surface area contributed by atoms with Crippen LogP contribution >= 0.6 is 0 Å². The molecule has 6 heteroatoms. The summed E-state index contributed by atoms with van der Waals surface area (Å²) in [5, 5.41) is 11.7. The predicted octanol–water partition coefficient (Wildman–Crippen LogP) is 5.02. The van der Waals surface area contributed by atoms with Gasteiger partial charge in [-0.3, -0.25) is 20.1 Å². The van der Waals surface area contributed by atoms with Gasteiger partial charge in [0.15, 0.2) is 0 Å². The molecule has 0 saturated carbocycles. The number of ether oxygens (including phenoxy) is 1. The van der Waals surface area contributed by atoms with Crippen LogP contribution in [0.15, 0.2) is 54.9 Å². The maximum atomic E-state index is 12.2. The lowest BCUT2D eigenvalue weighted by Gasteiger charge is -2.38. The Labute approximate surface area is 218 Å². The van der Waals surface area contributed by atoms with Gasteiger partial charge >= 0.3 is 0 Å². The number of hydrogen-bond donors (Lipinski definition) is 2. The van der Waals surface area contributed by atoms with Crippen LogP contribution in [0.25, 0.3) is 11.1 Å². The quantitative estimate of drug-likeness (QED) is 0.394. The molecule has 3 aromatic rings. The van der Waals surface area contributed by atoms with Gasteiger partial charge in [0, 0.05) is 34.6 Å². The Kier molecular flexibility index (Phi) is 6.29. The molecule has 1 aromatic heterocycles. The van der Waals surface area contributed by atoms with E-state index in [0.29, 0.717) is 41.3 Å². The number of nitrogens with one attached hydrogen (secondary N) is 2. The molecule has 0 spiro atoms. The maximum absolute atomic E-state index is 12.2. The largest absolute Gasteiger partial charge is 0.491 e. The van der Waals surface area contributed by atoms with Gasteiger partial charge in [0.25, 0.3) is 5.91 Å². The van der Waals surface area contributed by atoms with E-state index in [-0.39, 0.29) is 5.91 Å². The number of benzene rings is 2. The number of likely N-dealkylation sites (tertiary alicyclic amines) is 1. The summed E-state index contributed by atoms with van der Waals surface area (Å²) in [7, 11) is 0. The summed E-state index contributed by atoms with van der Waals surface area (Å²) in [4.78, 5) is 19.4. The molecule has 190 valence electrons. The third-order valence-corrected chi connectivity index (χ3v) is 8.46. The van der Waals surface area contributed by atoms with Gasteiger partial charge in [-0.15, -0.1) is 0 Å². The Morgan fingerprint density at radius 1 is 0.973 bits per heavy atom. The van der Waals surface area contributed by atoms with Crippen molar-refractivity contribution in [3.63, 3.8) is 0 Å². The average Bonchev–Trinajstić information content (AvgIpc) is 3.35. The second-order valence-corrected chi connectivity index (χ2v) is 10.8. The van der Waals surface area contributed by atoms with Crippen molar-refractivity contribution in [2.24, 2.45) is 0 Å². The van der Waals surface area contributed by atoms with Gasteiger partial charge in [-0.2, -0.15) is 0 Å². The van der Waals surface area contributed by atoms with Crippen LogP contribution < -0.4 is 10.1 Å². The summed E-state index contributed by atoms with van der Waals surface area (Å²) < 4.78 is 5.75. The van der Waals surface area contributed by atoms with Crippen LogP contribution in [-0.2, 0) is 12.8 Å². The molecule has 3 aliphatic rings. The van der Waals surface area contributed by atoms with E-state index < -0.39 is 0 Å². The van der Waals surface area contributed by atoms with Crippen LogP contribution in [0.2, 0.25) is 0 Å². The molecule has 6 nitrogen and oxygen atoms in total. The van der Waals surface area contributed by atoms with Crippen LogP contribution in [0.3, 0.4) is 0 Å². The van der Waals surface area contributed by atoms with Crippen molar-refractivity contribution < 1.29 is 9.53 Å². The van der Waals surface area contributed by atoms with Crippen LogP contribution in [0.4, 0.5) is 0 Å². The number of aryl methyl sites for hydroxylation is 2. The molecule has 2 N–H and O–H groups in total. The molecule has 1 saturated heterocycles. The highest BCUT2D eigenvalue weighted by molar-refractivity contribution is 6.12. The van der Waals surface area contributed by atoms with E-state index in [1.54, 1.807) is 18.3 Å². The Hall–Kier alpha value is -3.51. The minimum absolute atomic E-state index is 0.141. The minimum Gasteiger partial charge on any atom is -0.491 e. The van der Waals surface area contributed by atoms with E-state index in [2.05, 4.69) is 40.3 Å². The van der Waals surface area contributed by atoms with E-state index in [1.165, 1.54) is 49.9 Å². The molecule has 0 bridgehead atoms. The highest BCUT2D eigenvalue weighted by Gasteiger charge is 2.34. The normalized spacial score (nSPS) is 21.7. The van der Waals surface area contributed by atoms with Crippen molar-refractivity contribution in [3.8, 4) is 16.9 Å².